The number of benzene rings is 1. The first kappa shape index (κ1) is 18.5. The van der Waals surface area contributed by atoms with Gasteiger partial charge in [-0.25, -0.2) is 0 Å². The molecule has 1 aliphatic rings. The van der Waals surface area contributed by atoms with Crippen LogP contribution in [-0.4, -0.2) is 55.1 Å². The van der Waals surface area contributed by atoms with Crippen molar-refractivity contribution in [3.8, 4) is 5.75 Å². The van der Waals surface area contributed by atoms with Crippen LogP contribution in [0, 0.1) is 0 Å². The Bertz CT molecular complexity index is 734. The van der Waals surface area contributed by atoms with Gasteiger partial charge in [0.1, 0.15) is 5.75 Å². The molecule has 0 radical (unpaired) electrons. The van der Waals surface area contributed by atoms with Crippen molar-refractivity contribution in [2.75, 3.05) is 44.2 Å². The van der Waals surface area contributed by atoms with Crippen LogP contribution in [0.25, 0.3) is 0 Å². The monoisotopic (exact) mass is 374 g/mol. The van der Waals surface area contributed by atoms with Crippen LogP contribution in [-0.2, 0) is 0 Å². The Hall–Kier alpha value is -2.31. The lowest BCUT2D eigenvalue weighted by Crippen LogP contribution is -2.48. The Kier molecular flexibility index (Phi) is 6.30. The summed E-state index contributed by atoms with van der Waals surface area (Å²) in [6.07, 6.45) is 4.37. The topological polar surface area (TPSA) is 71.7 Å². The number of nitrogens with two attached hydrogens (primary N) is 1. The van der Waals surface area contributed by atoms with Crippen molar-refractivity contribution in [2.24, 2.45) is 5.73 Å². The van der Waals surface area contributed by atoms with Crippen LogP contribution in [0.5, 0.6) is 5.75 Å². The Morgan fingerprint density at radius 1 is 1.23 bits per heavy atom. The zero-order valence-corrected chi connectivity index (χ0v) is 15.4. The van der Waals surface area contributed by atoms with Gasteiger partial charge in [-0.1, -0.05) is 11.6 Å². The van der Waals surface area contributed by atoms with Gasteiger partial charge in [-0.05, 0) is 43.3 Å². The van der Waals surface area contributed by atoms with Crippen molar-refractivity contribution < 1.29 is 9.53 Å². The summed E-state index contributed by atoms with van der Waals surface area (Å²) in [5.41, 5.74) is 7.12. The predicted octanol–water partition coefficient (Wildman–Crippen LogP) is 2.42. The first-order valence-corrected chi connectivity index (χ1v) is 9.13. The summed E-state index contributed by atoms with van der Waals surface area (Å²) in [6, 6.07) is 9.15. The third-order valence-corrected chi connectivity index (χ3v) is 4.66. The predicted molar refractivity (Wildman–Crippen MR) is 103 cm³/mol. The summed E-state index contributed by atoms with van der Waals surface area (Å²) in [7, 11) is 0. The van der Waals surface area contributed by atoms with Crippen molar-refractivity contribution in [1.82, 2.24) is 9.88 Å². The first-order chi connectivity index (χ1) is 12.7. The Morgan fingerprint density at radius 2 is 2.04 bits per heavy atom. The highest BCUT2D eigenvalue weighted by atomic mass is 35.5. The number of halogens is 1. The van der Waals surface area contributed by atoms with Crippen molar-refractivity contribution in [3.63, 3.8) is 0 Å². The van der Waals surface area contributed by atoms with E-state index in [2.05, 4.69) is 9.88 Å². The molecule has 2 aromatic rings. The minimum Gasteiger partial charge on any atom is -0.492 e. The molecule has 1 aromatic heterocycles. The highest BCUT2D eigenvalue weighted by Crippen LogP contribution is 2.26. The number of hydrogen-bond donors (Lipinski definition) is 1. The molecular weight excluding hydrogens is 352 g/mol. The standard InChI is InChI=1S/C19H23ClN4O2/c20-17-13-15(4-5-18(17)26-12-2-6-21)19(25)24-10-8-23(9-11-24)16-3-1-7-22-14-16/h1,3-5,7,13-14H,2,6,8-12,21H2. The molecular formula is C19H23ClN4O2. The van der Waals surface area contributed by atoms with E-state index in [9.17, 15) is 4.79 Å². The van der Waals surface area contributed by atoms with E-state index in [1.54, 1.807) is 24.4 Å². The normalized spacial score (nSPS) is 14.4. The molecule has 138 valence electrons. The number of carbonyl (C=O) groups excluding carboxylic acids is 1. The lowest BCUT2D eigenvalue weighted by atomic mass is 10.1. The molecule has 1 saturated heterocycles. The average molecular weight is 375 g/mol. The molecule has 0 aliphatic carbocycles. The van der Waals surface area contributed by atoms with Gasteiger partial charge in [0, 0.05) is 37.9 Å². The number of hydrogen-bond acceptors (Lipinski definition) is 5. The maximum Gasteiger partial charge on any atom is 0.254 e. The lowest BCUT2D eigenvalue weighted by Gasteiger charge is -2.36. The Morgan fingerprint density at radius 3 is 2.69 bits per heavy atom. The average Bonchev–Trinajstić information content (AvgIpc) is 2.69. The second kappa shape index (κ2) is 8.87. The molecule has 1 fully saturated rings. The summed E-state index contributed by atoms with van der Waals surface area (Å²) in [6.45, 7) is 3.98. The summed E-state index contributed by atoms with van der Waals surface area (Å²) in [5.74, 6) is 0.573. The zero-order chi connectivity index (χ0) is 18.4. The van der Waals surface area contributed by atoms with Crippen LogP contribution in [0.15, 0.2) is 42.7 Å². The maximum absolute atomic E-state index is 12.7. The molecule has 3 rings (SSSR count). The fourth-order valence-electron chi connectivity index (χ4n) is 2.91. The molecule has 0 bridgehead atoms. The highest BCUT2D eigenvalue weighted by molar-refractivity contribution is 6.32. The quantitative estimate of drug-likeness (QED) is 0.786. The molecule has 2 N–H and O–H groups in total. The van der Waals surface area contributed by atoms with Crippen LogP contribution >= 0.6 is 11.6 Å². The summed E-state index contributed by atoms with van der Waals surface area (Å²) >= 11 is 6.25. The van der Waals surface area contributed by atoms with Gasteiger partial charge in [0.15, 0.2) is 0 Å². The van der Waals surface area contributed by atoms with Gasteiger partial charge < -0.3 is 20.3 Å². The van der Waals surface area contributed by atoms with E-state index in [4.69, 9.17) is 22.1 Å². The number of ether oxygens (including phenoxy) is 1. The van der Waals surface area contributed by atoms with Gasteiger partial charge in [-0.3, -0.25) is 9.78 Å². The minimum atomic E-state index is -0.00811. The Labute approximate surface area is 158 Å². The van der Waals surface area contributed by atoms with Crippen LogP contribution in [0.3, 0.4) is 0 Å². The summed E-state index contributed by atoms with van der Waals surface area (Å²) < 4.78 is 5.57. The maximum atomic E-state index is 12.7. The summed E-state index contributed by atoms with van der Waals surface area (Å²) in [5, 5.41) is 0.446. The molecule has 0 saturated carbocycles. The number of anilines is 1. The van der Waals surface area contributed by atoms with E-state index in [0.29, 0.717) is 42.6 Å². The fraction of sp³-hybridized carbons (Fsp3) is 0.368. The lowest BCUT2D eigenvalue weighted by molar-refractivity contribution is 0.0746. The molecule has 26 heavy (non-hydrogen) atoms. The van der Waals surface area contributed by atoms with E-state index in [-0.39, 0.29) is 5.91 Å². The second-order valence-corrected chi connectivity index (χ2v) is 6.53. The number of piperazine rings is 1. The van der Waals surface area contributed by atoms with Crippen LogP contribution < -0.4 is 15.4 Å². The fourth-order valence-corrected chi connectivity index (χ4v) is 3.14. The minimum absolute atomic E-state index is 0.00811. The van der Waals surface area contributed by atoms with Gasteiger partial charge in [-0.2, -0.15) is 0 Å². The third-order valence-electron chi connectivity index (χ3n) is 4.36. The molecule has 2 heterocycles. The molecule has 1 aliphatic heterocycles. The van der Waals surface area contributed by atoms with Gasteiger partial charge >= 0.3 is 0 Å². The first-order valence-electron chi connectivity index (χ1n) is 8.75. The van der Waals surface area contributed by atoms with Crippen LogP contribution in [0.1, 0.15) is 16.8 Å². The van der Waals surface area contributed by atoms with Crippen molar-refractivity contribution in [3.05, 3.63) is 53.3 Å². The van der Waals surface area contributed by atoms with Crippen LogP contribution in [0.2, 0.25) is 5.02 Å². The van der Waals surface area contributed by atoms with Gasteiger partial charge in [-0.15, -0.1) is 0 Å². The molecule has 6 nitrogen and oxygen atoms in total. The summed E-state index contributed by atoms with van der Waals surface area (Å²) in [4.78, 5) is 21.0. The smallest absolute Gasteiger partial charge is 0.254 e. The highest BCUT2D eigenvalue weighted by Gasteiger charge is 2.23. The third kappa shape index (κ3) is 4.45. The van der Waals surface area contributed by atoms with Crippen molar-refractivity contribution >= 4 is 23.2 Å². The number of pyridine rings is 1. The van der Waals surface area contributed by atoms with Crippen LogP contribution in [0.4, 0.5) is 5.69 Å². The largest absolute Gasteiger partial charge is 0.492 e. The van der Waals surface area contributed by atoms with Gasteiger partial charge in [0.2, 0.25) is 0 Å². The number of amides is 1. The number of rotatable bonds is 6. The van der Waals surface area contributed by atoms with E-state index >= 15 is 0 Å². The Balaban J connectivity index is 1.59. The molecule has 1 aromatic carbocycles. The van der Waals surface area contributed by atoms with E-state index in [1.807, 2.05) is 23.2 Å². The second-order valence-electron chi connectivity index (χ2n) is 6.13. The molecule has 0 spiro atoms. The number of nitrogens with zero attached hydrogens (tertiary/aromatic N) is 3. The van der Waals surface area contributed by atoms with Gasteiger partial charge in [0.25, 0.3) is 5.91 Å². The van der Waals surface area contributed by atoms with Crippen molar-refractivity contribution in [1.29, 1.82) is 0 Å². The molecule has 1 amide bonds. The molecule has 0 unspecified atom stereocenters. The van der Waals surface area contributed by atoms with E-state index in [0.717, 1.165) is 25.2 Å². The zero-order valence-electron chi connectivity index (χ0n) is 14.6. The molecule has 0 atom stereocenters. The number of aromatic nitrogens is 1. The van der Waals surface area contributed by atoms with Crippen molar-refractivity contribution in [2.45, 2.75) is 6.42 Å². The SMILES string of the molecule is NCCCOc1ccc(C(=O)N2CCN(c3cccnc3)CC2)cc1Cl. The van der Waals surface area contributed by atoms with Gasteiger partial charge in [0.05, 0.1) is 23.5 Å². The molecule has 7 heteroatoms. The number of carbonyl (C=O) groups is 1. The van der Waals surface area contributed by atoms with E-state index < -0.39 is 0 Å². The van der Waals surface area contributed by atoms with E-state index in [1.165, 1.54) is 0 Å².